The molecular formula is C8H12O. The van der Waals surface area contributed by atoms with Gasteiger partial charge in [-0.25, -0.2) is 0 Å². The van der Waals surface area contributed by atoms with Crippen molar-refractivity contribution >= 4 is 0 Å². The minimum absolute atomic E-state index is 1.16. The summed E-state index contributed by atoms with van der Waals surface area (Å²) in [6.07, 6.45) is 7.22. The molecule has 0 fully saturated rings. The van der Waals surface area contributed by atoms with Crippen LogP contribution in [0.5, 0.6) is 0 Å². The molecule has 0 aromatic carbocycles. The molecule has 50 valence electrons. The number of hydrogen-bond donors (Lipinski definition) is 0. The SMILES string of the molecule is CCCCc1ccoc1. The van der Waals surface area contributed by atoms with Gasteiger partial charge in [-0.1, -0.05) is 13.3 Å². The smallest absolute Gasteiger partial charge is 0.0934 e. The van der Waals surface area contributed by atoms with Crippen molar-refractivity contribution in [2.24, 2.45) is 0 Å². The zero-order valence-electron chi connectivity index (χ0n) is 5.76. The normalized spacial score (nSPS) is 9.89. The summed E-state index contributed by atoms with van der Waals surface area (Å²) in [6, 6.07) is 2.02. The molecule has 0 amide bonds. The first-order valence-corrected chi connectivity index (χ1v) is 3.44. The number of rotatable bonds is 3. The Morgan fingerprint density at radius 3 is 3.00 bits per heavy atom. The van der Waals surface area contributed by atoms with Crippen molar-refractivity contribution in [1.82, 2.24) is 0 Å². The van der Waals surface area contributed by atoms with Crippen molar-refractivity contribution < 1.29 is 4.42 Å². The Bertz CT molecular complexity index is 142. The van der Waals surface area contributed by atoms with Crippen LogP contribution >= 0.6 is 0 Å². The van der Waals surface area contributed by atoms with Gasteiger partial charge in [0.15, 0.2) is 0 Å². The van der Waals surface area contributed by atoms with Crippen LogP contribution in [0.15, 0.2) is 23.0 Å². The zero-order valence-corrected chi connectivity index (χ0v) is 5.76. The molecule has 1 heteroatoms. The number of unbranched alkanes of at least 4 members (excludes halogenated alkanes) is 1. The van der Waals surface area contributed by atoms with E-state index in [9.17, 15) is 0 Å². The molecule has 0 spiro atoms. The predicted octanol–water partition coefficient (Wildman–Crippen LogP) is 2.62. The first-order chi connectivity index (χ1) is 4.43. The van der Waals surface area contributed by atoms with Crippen LogP contribution < -0.4 is 0 Å². The van der Waals surface area contributed by atoms with Gasteiger partial charge in [-0.05, 0) is 24.5 Å². The third-order valence-corrected chi connectivity index (χ3v) is 1.40. The quantitative estimate of drug-likeness (QED) is 0.603. The van der Waals surface area contributed by atoms with E-state index in [0.717, 1.165) is 6.42 Å². The van der Waals surface area contributed by atoms with Gasteiger partial charge < -0.3 is 4.42 Å². The third kappa shape index (κ3) is 1.92. The summed E-state index contributed by atoms with van der Waals surface area (Å²) >= 11 is 0. The molecule has 1 heterocycles. The van der Waals surface area contributed by atoms with E-state index in [1.54, 1.807) is 6.26 Å². The molecule has 1 aromatic heterocycles. The Morgan fingerprint density at radius 1 is 1.56 bits per heavy atom. The number of aryl methyl sites for hydroxylation is 1. The summed E-state index contributed by atoms with van der Waals surface area (Å²) in [5, 5.41) is 0. The van der Waals surface area contributed by atoms with Crippen molar-refractivity contribution in [2.45, 2.75) is 26.2 Å². The molecule has 0 bridgehead atoms. The highest BCUT2D eigenvalue weighted by Gasteiger charge is 1.90. The van der Waals surface area contributed by atoms with Crippen molar-refractivity contribution in [1.29, 1.82) is 0 Å². The van der Waals surface area contributed by atoms with Crippen molar-refractivity contribution in [3.8, 4) is 0 Å². The van der Waals surface area contributed by atoms with Crippen LogP contribution in [0.3, 0.4) is 0 Å². The standard InChI is InChI=1S/C8H12O/c1-2-3-4-8-5-6-9-7-8/h5-7H,2-4H2,1H3. The van der Waals surface area contributed by atoms with Crippen molar-refractivity contribution in [3.63, 3.8) is 0 Å². The Kier molecular flexibility index (Phi) is 2.37. The molecule has 1 rings (SSSR count). The lowest BCUT2D eigenvalue weighted by atomic mass is 10.2. The molecule has 0 saturated carbocycles. The highest BCUT2D eigenvalue weighted by molar-refractivity contribution is 5.04. The average Bonchev–Trinajstić information content (AvgIpc) is 2.34. The molecule has 0 saturated heterocycles. The maximum absolute atomic E-state index is 4.91. The topological polar surface area (TPSA) is 13.1 Å². The van der Waals surface area contributed by atoms with Crippen LogP contribution in [0.25, 0.3) is 0 Å². The molecule has 1 nitrogen and oxygen atoms in total. The lowest BCUT2D eigenvalue weighted by Crippen LogP contribution is -1.77. The largest absolute Gasteiger partial charge is 0.472 e. The minimum Gasteiger partial charge on any atom is -0.472 e. The molecule has 0 aliphatic heterocycles. The van der Waals surface area contributed by atoms with E-state index in [-0.39, 0.29) is 0 Å². The van der Waals surface area contributed by atoms with E-state index in [1.807, 2.05) is 12.3 Å². The summed E-state index contributed by atoms with van der Waals surface area (Å²) < 4.78 is 4.91. The molecule has 0 atom stereocenters. The van der Waals surface area contributed by atoms with Gasteiger partial charge in [0.05, 0.1) is 12.5 Å². The van der Waals surface area contributed by atoms with Crippen LogP contribution in [0.4, 0.5) is 0 Å². The first kappa shape index (κ1) is 6.40. The van der Waals surface area contributed by atoms with Crippen LogP contribution in [-0.4, -0.2) is 0 Å². The lowest BCUT2D eigenvalue weighted by molar-refractivity contribution is 0.563. The lowest BCUT2D eigenvalue weighted by Gasteiger charge is -1.89. The van der Waals surface area contributed by atoms with E-state index in [1.165, 1.54) is 18.4 Å². The highest BCUT2D eigenvalue weighted by Crippen LogP contribution is 2.04. The fraction of sp³-hybridized carbons (Fsp3) is 0.500. The average molecular weight is 124 g/mol. The van der Waals surface area contributed by atoms with Gasteiger partial charge in [-0.2, -0.15) is 0 Å². The fourth-order valence-corrected chi connectivity index (χ4v) is 0.816. The zero-order chi connectivity index (χ0) is 6.53. The molecule has 0 radical (unpaired) electrons. The first-order valence-electron chi connectivity index (χ1n) is 3.44. The summed E-state index contributed by atoms with van der Waals surface area (Å²) in [5.41, 5.74) is 1.32. The van der Waals surface area contributed by atoms with Gasteiger partial charge in [0, 0.05) is 0 Å². The van der Waals surface area contributed by atoms with Crippen LogP contribution in [0.2, 0.25) is 0 Å². The minimum atomic E-state index is 1.16. The van der Waals surface area contributed by atoms with Crippen LogP contribution in [-0.2, 0) is 6.42 Å². The Labute approximate surface area is 55.7 Å². The van der Waals surface area contributed by atoms with E-state index in [2.05, 4.69) is 6.92 Å². The summed E-state index contributed by atoms with van der Waals surface area (Å²) in [4.78, 5) is 0. The Balaban J connectivity index is 2.30. The van der Waals surface area contributed by atoms with Gasteiger partial charge in [-0.15, -0.1) is 0 Å². The van der Waals surface area contributed by atoms with E-state index in [0.29, 0.717) is 0 Å². The van der Waals surface area contributed by atoms with E-state index >= 15 is 0 Å². The second-order valence-corrected chi connectivity index (χ2v) is 2.24. The van der Waals surface area contributed by atoms with Gasteiger partial charge in [0.1, 0.15) is 0 Å². The Hall–Kier alpha value is -0.720. The Morgan fingerprint density at radius 2 is 2.44 bits per heavy atom. The molecule has 1 aromatic rings. The van der Waals surface area contributed by atoms with E-state index in [4.69, 9.17) is 4.42 Å². The number of furan rings is 1. The summed E-state index contributed by atoms with van der Waals surface area (Å²) in [6.45, 7) is 2.19. The van der Waals surface area contributed by atoms with Gasteiger partial charge in [0.2, 0.25) is 0 Å². The highest BCUT2D eigenvalue weighted by atomic mass is 16.3. The fourth-order valence-electron chi connectivity index (χ4n) is 0.816. The molecule has 0 aliphatic carbocycles. The van der Waals surface area contributed by atoms with Crippen molar-refractivity contribution in [2.75, 3.05) is 0 Å². The molecule has 0 aliphatic rings. The molecular weight excluding hydrogens is 112 g/mol. The summed E-state index contributed by atoms with van der Waals surface area (Å²) in [5.74, 6) is 0. The van der Waals surface area contributed by atoms with Gasteiger partial charge in [0.25, 0.3) is 0 Å². The molecule has 9 heavy (non-hydrogen) atoms. The predicted molar refractivity (Wildman–Crippen MR) is 37.3 cm³/mol. The second kappa shape index (κ2) is 3.33. The third-order valence-electron chi connectivity index (χ3n) is 1.40. The van der Waals surface area contributed by atoms with Gasteiger partial charge >= 0.3 is 0 Å². The van der Waals surface area contributed by atoms with E-state index < -0.39 is 0 Å². The second-order valence-electron chi connectivity index (χ2n) is 2.24. The van der Waals surface area contributed by atoms with Gasteiger partial charge in [-0.3, -0.25) is 0 Å². The van der Waals surface area contributed by atoms with Crippen molar-refractivity contribution in [3.05, 3.63) is 24.2 Å². The summed E-state index contributed by atoms with van der Waals surface area (Å²) in [7, 11) is 0. The molecule has 0 N–H and O–H groups in total. The number of hydrogen-bond acceptors (Lipinski definition) is 1. The monoisotopic (exact) mass is 124 g/mol. The molecule has 0 unspecified atom stereocenters. The van der Waals surface area contributed by atoms with Crippen LogP contribution in [0.1, 0.15) is 25.3 Å². The maximum Gasteiger partial charge on any atom is 0.0934 e. The maximum atomic E-state index is 4.91. The van der Waals surface area contributed by atoms with Crippen LogP contribution in [0, 0.1) is 0 Å².